The molecule has 4 heteroatoms. The second kappa shape index (κ2) is 6.16. The van der Waals surface area contributed by atoms with E-state index in [1.54, 1.807) is 7.11 Å². The highest BCUT2D eigenvalue weighted by molar-refractivity contribution is 6.10. The Morgan fingerprint density at radius 2 is 1.83 bits per heavy atom. The van der Waals surface area contributed by atoms with E-state index >= 15 is 0 Å². The van der Waals surface area contributed by atoms with E-state index in [1.165, 1.54) is 0 Å². The molecule has 0 N–H and O–H groups in total. The molecule has 0 atom stereocenters. The number of carbonyl (C=O) groups is 1. The molecule has 0 unspecified atom stereocenters. The van der Waals surface area contributed by atoms with E-state index in [-0.39, 0.29) is 12.4 Å². The van der Waals surface area contributed by atoms with Gasteiger partial charge in [-0.3, -0.25) is 4.79 Å². The van der Waals surface area contributed by atoms with E-state index in [1.807, 2.05) is 67.1 Å². The van der Waals surface area contributed by atoms with Crippen molar-refractivity contribution in [3.8, 4) is 11.5 Å². The summed E-state index contributed by atoms with van der Waals surface area (Å²) in [6.07, 6.45) is 0. The van der Waals surface area contributed by atoms with Crippen LogP contribution in [0, 0.1) is 6.92 Å². The third-order valence-electron chi connectivity index (χ3n) is 4.09. The molecule has 0 bridgehead atoms. The van der Waals surface area contributed by atoms with Crippen LogP contribution in [0.5, 0.6) is 11.5 Å². The van der Waals surface area contributed by atoms with Crippen molar-refractivity contribution in [2.75, 3.05) is 13.7 Å². The van der Waals surface area contributed by atoms with Gasteiger partial charge in [0.2, 0.25) is 5.78 Å². The van der Waals surface area contributed by atoms with Crippen LogP contribution < -0.4 is 9.47 Å². The maximum absolute atomic E-state index is 12.7. The lowest BCUT2D eigenvalue weighted by Crippen LogP contribution is -2.12. The van der Waals surface area contributed by atoms with Crippen LogP contribution in [0.1, 0.15) is 16.1 Å². The standard InChI is InChI=1S/C19H19NO3/c1-13-19(18(21)12-23-14-7-5-4-6-8-14)16-11-15(22-3)9-10-17(16)20(13)2/h4-11H,12H2,1-3H3. The number of ether oxygens (including phenoxy) is 2. The quantitative estimate of drug-likeness (QED) is 0.674. The zero-order valence-corrected chi connectivity index (χ0v) is 13.5. The van der Waals surface area contributed by atoms with Crippen LogP contribution in [0.2, 0.25) is 0 Å². The molecule has 0 aliphatic carbocycles. The Morgan fingerprint density at radius 3 is 2.52 bits per heavy atom. The topological polar surface area (TPSA) is 40.5 Å². The minimum atomic E-state index is -0.0368. The number of aromatic nitrogens is 1. The molecule has 3 aromatic rings. The molecule has 0 amide bonds. The number of ketones is 1. The highest BCUT2D eigenvalue weighted by Gasteiger charge is 2.19. The summed E-state index contributed by atoms with van der Waals surface area (Å²) < 4.78 is 12.9. The third-order valence-corrected chi connectivity index (χ3v) is 4.09. The lowest BCUT2D eigenvalue weighted by molar-refractivity contribution is 0.0922. The van der Waals surface area contributed by atoms with Gasteiger partial charge in [-0.25, -0.2) is 0 Å². The molecule has 23 heavy (non-hydrogen) atoms. The zero-order chi connectivity index (χ0) is 16.4. The van der Waals surface area contributed by atoms with E-state index in [9.17, 15) is 4.79 Å². The average Bonchev–Trinajstić information content (AvgIpc) is 2.84. The van der Waals surface area contributed by atoms with E-state index in [0.29, 0.717) is 11.3 Å². The van der Waals surface area contributed by atoms with E-state index in [4.69, 9.17) is 9.47 Å². The number of rotatable bonds is 5. The Labute approximate surface area is 135 Å². The fourth-order valence-corrected chi connectivity index (χ4v) is 2.77. The molecule has 3 rings (SSSR count). The fourth-order valence-electron chi connectivity index (χ4n) is 2.77. The maximum atomic E-state index is 12.7. The number of benzene rings is 2. The Morgan fingerprint density at radius 1 is 1.09 bits per heavy atom. The van der Waals surface area contributed by atoms with Crippen LogP contribution in [-0.4, -0.2) is 24.1 Å². The Bertz CT molecular complexity index is 850. The SMILES string of the molecule is COc1ccc2c(c1)c(C(=O)COc1ccccc1)c(C)n2C. The van der Waals surface area contributed by atoms with Gasteiger partial charge in [0.05, 0.1) is 7.11 Å². The van der Waals surface area contributed by atoms with Crippen molar-refractivity contribution in [2.45, 2.75) is 6.92 Å². The third kappa shape index (κ3) is 2.80. The Balaban J connectivity index is 1.94. The number of fused-ring (bicyclic) bond motifs is 1. The lowest BCUT2D eigenvalue weighted by Gasteiger charge is -2.06. The predicted octanol–water partition coefficient (Wildman–Crippen LogP) is 3.76. The molecule has 0 aliphatic heterocycles. The van der Waals surface area contributed by atoms with Crippen molar-refractivity contribution in [3.05, 3.63) is 59.8 Å². The van der Waals surface area contributed by atoms with Crippen molar-refractivity contribution in [1.29, 1.82) is 0 Å². The van der Waals surface area contributed by atoms with Gasteiger partial charge in [0, 0.05) is 29.2 Å². The van der Waals surface area contributed by atoms with Crippen molar-refractivity contribution >= 4 is 16.7 Å². The number of nitrogens with zero attached hydrogens (tertiary/aromatic N) is 1. The van der Waals surface area contributed by atoms with Gasteiger partial charge in [0.25, 0.3) is 0 Å². The Hall–Kier alpha value is -2.75. The normalized spacial score (nSPS) is 10.7. The maximum Gasteiger partial charge on any atom is 0.202 e. The number of hydrogen-bond acceptors (Lipinski definition) is 3. The molecule has 0 radical (unpaired) electrons. The highest BCUT2D eigenvalue weighted by atomic mass is 16.5. The smallest absolute Gasteiger partial charge is 0.202 e. The van der Waals surface area contributed by atoms with Crippen LogP contribution in [0.25, 0.3) is 10.9 Å². The summed E-state index contributed by atoms with van der Waals surface area (Å²) in [6, 6.07) is 15.1. The van der Waals surface area contributed by atoms with Crippen LogP contribution in [0.4, 0.5) is 0 Å². The molecule has 1 aromatic heterocycles. The van der Waals surface area contributed by atoms with Crippen molar-refractivity contribution < 1.29 is 14.3 Å². The van der Waals surface area contributed by atoms with Crippen LogP contribution in [0.15, 0.2) is 48.5 Å². The van der Waals surface area contributed by atoms with Gasteiger partial charge in [-0.2, -0.15) is 0 Å². The molecule has 0 spiro atoms. The van der Waals surface area contributed by atoms with Crippen LogP contribution >= 0.6 is 0 Å². The summed E-state index contributed by atoms with van der Waals surface area (Å²) in [4.78, 5) is 12.7. The Kier molecular flexibility index (Phi) is 4.06. The first-order valence-corrected chi connectivity index (χ1v) is 7.46. The van der Waals surface area contributed by atoms with E-state index in [0.717, 1.165) is 22.3 Å². The first kappa shape index (κ1) is 15.2. The van der Waals surface area contributed by atoms with Gasteiger partial charge in [0.15, 0.2) is 6.61 Å². The molecule has 0 fully saturated rings. The molecule has 0 saturated heterocycles. The summed E-state index contributed by atoms with van der Waals surface area (Å²) in [5.41, 5.74) is 2.62. The molecule has 0 aliphatic rings. The first-order valence-electron chi connectivity index (χ1n) is 7.46. The summed E-state index contributed by atoms with van der Waals surface area (Å²) in [7, 11) is 3.58. The molecule has 118 valence electrons. The van der Waals surface area contributed by atoms with Gasteiger partial charge >= 0.3 is 0 Å². The fraction of sp³-hybridized carbons (Fsp3) is 0.211. The predicted molar refractivity (Wildman–Crippen MR) is 90.5 cm³/mol. The number of methoxy groups -OCH3 is 1. The number of hydrogen-bond donors (Lipinski definition) is 0. The molecule has 4 nitrogen and oxygen atoms in total. The second-order valence-corrected chi connectivity index (χ2v) is 5.43. The van der Waals surface area contributed by atoms with Gasteiger partial charge in [0.1, 0.15) is 11.5 Å². The lowest BCUT2D eigenvalue weighted by atomic mass is 10.1. The highest BCUT2D eigenvalue weighted by Crippen LogP contribution is 2.29. The molecular weight excluding hydrogens is 290 g/mol. The zero-order valence-electron chi connectivity index (χ0n) is 13.5. The minimum Gasteiger partial charge on any atom is -0.497 e. The van der Waals surface area contributed by atoms with Crippen molar-refractivity contribution in [2.24, 2.45) is 7.05 Å². The molecular formula is C19H19NO3. The number of aryl methyl sites for hydroxylation is 1. The minimum absolute atomic E-state index is 0.0151. The van der Waals surface area contributed by atoms with Crippen LogP contribution in [0.3, 0.4) is 0 Å². The van der Waals surface area contributed by atoms with Gasteiger partial charge in [-0.15, -0.1) is 0 Å². The van der Waals surface area contributed by atoms with Gasteiger partial charge in [-0.05, 0) is 37.3 Å². The second-order valence-electron chi connectivity index (χ2n) is 5.43. The van der Waals surface area contributed by atoms with Gasteiger partial charge in [-0.1, -0.05) is 18.2 Å². The van der Waals surface area contributed by atoms with Crippen LogP contribution in [-0.2, 0) is 7.05 Å². The first-order chi connectivity index (χ1) is 11.1. The number of carbonyl (C=O) groups excluding carboxylic acids is 1. The van der Waals surface area contributed by atoms with Gasteiger partial charge < -0.3 is 14.0 Å². The summed E-state index contributed by atoms with van der Waals surface area (Å²) in [5, 5.41) is 0.894. The van der Waals surface area contributed by atoms with Crippen molar-refractivity contribution in [1.82, 2.24) is 4.57 Å². The number of para-hydroxylation sites is 1. The number of Topliss-reactive ketones (excluding diaryl/α,β-unsaturated/α-hetero) is 1. The largest absolute Gasteiger partial charge is 0.497 e. The summed E-state index contributed by atoms with van der Waals surface area (Å²) in [5.74, 6) is 1.39. The molecule has 1 heterocycles. The van der Waals surface area contributed by atoms with E-state index in [2.05, 4.69) is 0 Å². The summed E-state index contributed by atoms with van der Waals surface area (Å²) >= 11 is 0. The monoisotopic (exact) mass is 309 g/mol. The van der Waals surface area contributed by atoms with E-state index < -0.39 is 0 Å². The molecule has 0 saturated carbocycles. The summed E-state index contributed by atoms with van der Waals surface area (Å²) in [6.45, 7) is 1.96. The van der Waals surface area contributed by atoms with Crippen molar-refractivity contribution in [3.63, 3.8) is 0 Å². The molecule has 2 aromatic carbocycles. The average molecular weight is 309 g/mol.